The molecule has 0 amide bonds. The first kappa shape index (κ1) is 16.3. The molecule has 100 valence electrons. The number of hydrogen-bond donors (Lipinski definition) is 1. The van der Waals surface area contributed by atoms with Crippen molar-refractivity contribution in [2.45, 2.75) is 38.9 Å². The minimum absolute atomic E-state index is 0.110. The molecule has 0 unspecified atom stereocenters. The van der Waals surface area contributed by atoms with Gasteiger partial charge in [0, 0.05) is 6.08 Å². The van der Waals surface area contributed by atoms with Crippen LogP contribution in [0, 0.1) is 0 Å². The van der Waals surface area contributed by atoms with Crippen molar-refractivity contribution in [2.75, 3.05) is 20.3 Å². The molecule has 0 fully saturated rings. The number of aliphatic hydroxyl groups is 1. The Morgan fingerprint density at radius 2 is 1.88 bits per heavy atom. The summed E-state index contributed by atoms with van der Waals surface area (Å²) in [5, 5.41) is 9.24. The van der Waals surface area contributed by atoms with Crippen molar-refractivity contribution < 1.29 is 19.1 Å². The number of carbonyl (C=O) groups is 1. The van der Waals surface area contributed by atoms with Crippen molar-refractivity contribution in [1.82, 2.24) is 0 Å². The summed E-state index contributed by atoms with van der Waals surface area (Å²) in [6.07, 6.45) is 1.28. The van der Waals surface area contributed by atoms with Gasteiger partial charge in [-0.3, -0.25) is 0 Å². The Balaban J connectivity index is 4.54. The summed E-state index contributed by atoms with van der Waals surface area (Å²) >= 11 is 0. The van der Waals surface area contributed by atoms with Gasteiger partial charge in [-0.1, -0.05) is 20.8 Å². The lowest BCUT2D eigenvalue weighted by Crippen LogP contribution is -2.41. The third-order valence-corrected chi connectivity index (χ3v) is 7.63. The van der Waals surface area contributed by atoms with E-state index in [1.54, 1.807) is 0 Å². The Bertz CT molecular complexity index is 289. The fraction of sp³-hybridized carbons (Fsp3) is 0.750. The second kappa shape index (κ2) is 6.33. The van der Waals surface area contributed by atoms with Crippen LogP contribution in [-0.4, -0.2) is 39.7 Å². The van der Waals surface area contributed by atoms with E-state index in [1.807, 2.05) is 0 Å². The molecule has 17 heavy (non-hydrogen) atoms. The molecular formula is C12H24O4Si. The minimum Gasteiger partial charge on any atom is -0.466 e. The smallest absolute Gasteiger partial charge is 0.330 e. The quantitative estimate of drug-likeness (QED) is 0.467. The Morgan fingerprint density at radius 1 is 1.35 bits per heavy atom. The fourth-order valence-electron chi connectivity index (χ4n) is 0.848. The Morgan fingerprint density at radius 3 is 2.24 bits per heavy atom. The molecule has 0 aromatic rings. The van der Waals surface area contributed by atoms with Crippen molar-refractivity contribution in [2.24, 2.45) is 0 Å². The Hall–Kier alpha value is -0.653. The summed E-state index contributed by atoms with van der Waals surface area (Å²) in [5.74, 6) is -0.465. The molecular weight excluding hydrogens is 236 g/mol. The van der Waals surface area contributed by atoms with Crippen molar-refractivity contribution in [3.8, 4) is 0 Å². The molecule has 0 atom stereocenters. The summed E-state index contributed by atoms with van der Waals surface area (Å²) in [6.45, 7) is 10.8. The summed E-state index contributed by atoms with van der Waals surface area (Å²) < 4.78 is 10.4. The van der Waals surface area contributed by atoms with Gasteiger partial charge in [0.25, 0.3) is 0 Å². The zero-order chi connectivity index (χ0) is 13.7. The van der Waals surface area contributed by atoms with Crippen molar-refractivity contribution >= 4 is 14.3 Å². The number of carbonyl (C=O) groups excluding carboxylic acids is 1. The first-order valence-corrected chi connectivity index (χ1v) is 8.57. The highest BCUT2D eigenvalue weighted by Crippen LogP contribution is 2.36. The van der Waals surface area contributed by atoms with E-state index in [0.717, 1.165) is 0 Å². The molecule has 4 nitrogen and oxygen atoms in total. The van der Waals surface area contributed by atoms with Crippen LogP contribution in [-0.2, 0) is 14.0 Å². The SMILES string of the molecule is COC(=O)/C=C(/CO)CO[Si](C)(C)C(C)(C)C. The average molecular weight is 260 g/mol. The number of hydrogen-bond acceptors (Lipinski definition) is 4. The monoisotopic (exact) mass is 260 g/mol. The summed E-state index contributed by atoms with van der Waals surface area (Å²) in [6, 6.07) is 0. The summed E-state index contributed by atoms with van der Waals surface area (Å²) in [4.78, 5) is 11.0. The molecule has 0 aromatic heterocycles. The van der Waals surface area contributed by atoms with Crippen LogP contribution in [0.2, 0.25) is 18.1 Å². The highest BCUT2D eigenvalue weighted by molar-refractivity contribution is 6.74. The van der Waals surface area contributed by atoms with Gasteiger partial charge in [0.1, 0.15) is 0 Å². The van der Waals surface area contributed by atoms with Crippen LogP contribution in [0.15, 0.2) is 11.6 Å². The van der Waals surface area contributed by atoms with Crippen LogP contribution in [0.25, 0.3) is 0 Å². The van der Waals surface area contributed by atoms with E-state index in [9.17, 15) is 4.79 Å². The van der Waals surface area contributed by atoms with Crippen molar-refractivity contribution in [3.05, 3.63) is 11.6 Å². The zero-order valence-corrected chi connectivity index (χ0v) is 12.7. The number of ether oxygens (including phenoxy) is 1. The molecule has 0 radical (unpaired) electrons. The van der Waals surface area contributed by atoms with Gasteiger partial charge in [0.05, 0.1) is 20.3 Å². The van der Waals surface area contributed by atoms with Crippen LogP contribution >= 0.6 is 0 Å². The van der Waals surface area contributed by atoms with Gasteiger partial charge >= 0.3 is 5.97 Å². The van der Waals surface area contributed by atoms with Crippen LogP contribution in [0.3, 0.4) is 0 Å². The van der Waals surface area contributed by atoms with Crippen molar-refractivity contribution in [1.29, 1.82) is 0 Å². The molecule has 0 saturated carbocycles. The fourth-order valence-corrected chi connectivity index (χ4v) is 1.83. The first-order valence-electron chi connectivity index (χ1n) is 5.66. The predicted octanol–water partition coefficient (Wildman–Crippen LogP) is 2.10. The van der Waals surface area contributed by atoms with E-state index in [0.29, 0.717) is 5.57 Å². The van der Waals surface area contributed by atoms with Gasteiger partial charge in [-0.2, -0.15) is 0 Å². The van der Waals surface area contributed by atoms with Gasteiger partial charge < -0.3 is 14.3 Å². The number of aliphatic hydroxyl groups excluding tert-OH is 1. The topological polar surface area (TPSA) is 55.8 Å². The van der Waals surface area contributed by atoms with Gasteiger partial charge in [-0.25, -0.2) is 4.79 Å². The molecule has 0 spiro atoms. The highest BCUT2D eigenvalue weighted by atomic mass is 28.4. The van der Waals surface area contributed by atoms with Gasteiger partial charge in [0.15, 0.2) is 8.32 Å². The molecule has 0 aliphatic carbocycles. The van der Waals surface area contributed by atoms with E-state index < -0.39 is 14.3 Å². The number of methoxy groups -OCH3 is 1. The van der Waals surface area contributed by atoms with Crippen LogP contribution in [0.1, 0.15) is 20.8 Å². The molecule has 5 heteroatoms. The van der Waals surface area contributed by atoms with E-state index in [1.165, 1.54) is 13.2 Å². The third kappa shape index (κ3) is 5.47. The summed E-state index contributed by atoms with van der Waals surface area (Å²) in [7, 11) is -0.541. The molecule has 1 N–H and O–H groups in total. The third-order valence-electron chi connectivity index (χ3n) is 3.15. The maximum absolute atomic E-state index is 11.0. The average Bonchev–Trinajstić information content (AvgIpc) is 2.22. The van der Waals surface area contributed by atoms with Crippen molar-refractivity contribution in [3.63, 3.8) is 0 Å². The van der Waals surface area contributed by atoms with Crippen LogP contribution in [0.4, 0.5) is 0 Å². The van der Waals surface area contributed by atoms with E-state index in [2.05, 4.69) is 38.6 Å². The largest absolute Gasteiger partial charge is 0.466 e. The number of esters is 1. The zero-order valence-electron chi connectivity index (χ0n) is 11.7. The lowest BCUT2D eigenvalue weighted by atomic mass is 10.2. The predicted molar refractivity (Wildman–Crippen MR) is 70.3 cm³/mol. The Kier molecular flexibility index (Phi) is 6.08. The normalized spacial score (nSPS) is 13.7. The van der Waals surface area contributed by atoms with Crippen LogP contribution in [0.5, 0.6) is 0 Å². The molecule has 0 aromatic carbocycles. The molecule has 0 heterocycles. The standard InChI is InChI=1S/C12H24O4Si/c1-12(2,3)17(5,6)16-9-10(8-13)7-11(14)15-4/h7,13H,8-9H2,1-6H3/b10-7-. The van der Waals surface area contributed by atoms with Crippen LogP contribution < -0.4 is 0 Å². The van der Waals surface area contributed by atoms with Gasteiger partial charge in [-0.05, 0) is 23.7 Å². The van der Waals surface area contributed by atoms with Gasteiger partial charge in [0.2, 0.25) is 0 Å². The lowest BCUT2D eigenvalue weighted by molar-refractivity contribution is -0.134. The first-order chi connectivity index (χ1) is 7.64. The highest BCUT2D eigenvalue weighted by Gasteiger charge is 2.37. The second-order valence-corrected chi connectivity index (χ2v) is 10.3. The molecule has 0 aliphatic rings. The lowest BCUT2D eigenvalue weighted by Gasteiger charge is -2.36. The van der Waals surface area contributed by atoms with E-state index in [-0.39, 0.29) is 18.3 Å². The Labute approximate surface area is 105 Å². The summed E-state index contributed by atoms with van der Waals surface area (Å²) in [5.41, 5.74) is 0.543. The molecule has 0 bridgehead atoms. The maximum Gasteiger partial charge on any atom is 0.330 e. The van der Waals surface area contributed by atoms with E-state index in [4.69, 9.17) is 9.53 Å². The minimum atomic E-state index is -1.85. The number of rotatable bonds is 5. The molecule has 0 saturated heterocycles. The molecule has 0 aliphatic heterocycles. The second-order valence-electron chi connectivity index (χ2n) is 5.53. The van der Waals surface area contributed by atoms with Gasteiger partial charge in [-0.15, -0.1) is 0 Å². The maximum atomic E-state index is 11.0. The molecule has 0 rings (SSSR count). The van der Waals surface area contributed by atoms with E-state index >= 15 is 0 Å².